The van der Waals surface area contributed by atoms with Crippen molar-refractivity contribution >= 4 is 52.1 Å². The van der Waals surface area contributed by atoms with Crippen LogP contribution in [0.1, 0.15) is 0 Å². The van der Waals surface area contributed by atoms with Crippen LogP contribution >= 0.6 is 34.8 Å². The third-order valence-corrected chi connectivity index (χ3v) is 3.53. The van der Waals surface area contributed by atoms with Crippen molar-refractivity contribution in [1.82, 2.24) is 0 Å². The Morgan fingerprint density at radius 1 is 1.13 bits per heavy atom. The monoisotopic (exact) mass is 374 g/mol. The predicted octanol–water partition coefficient (Wildman–Crippen LogP) is 4.57. The normalized spacial score (nSPS) is 10.2. The Labute approximate surface area is 146 Å². The average molecular weight is 376 g/mol. The number of nitro groups is 1. The molecule has 0 aliphatic rings. The maximum absolute atomic E-state index is 11.8. The maximum Gasteiger partial charge on any atom is 0.289 e. The first-order valence-electron chi connectivity index (χ1n) is 6.18. The number of nitrogens with zero attached hydrogens (tertiary/aromatic N) is 1. The van der Waals surface area contributed by atoms with Gasteiger partial charge in [0.2, 0.25) is 0 Å². The van der Waals surface area contributed by atoms with E-state index in [1.165, 1.54) is 24.3 Å². The lowest BCUT2D eigenvalue weighted by Gasteiger charge is -2.09. The van der Waals surface area contributed by atoms with Crippen molar-refractivity contribution in [1.29, 1.82) is 0 Å². The van der Waals surface area contributed by atoms with Crippen molar-refractivity contribution < 1.29 is 14.5 Å². The molecular weight excluding hydrogens is 367 g/mol. The van der Waals surface area contributed by atoms with Gasteiger partial charge >= 0.3 is 0 Å². The minimum absolute atomic E-state index is 0.0165. The van der Waals surface area contributed by atoms with Crippen molar-refractivity contribution in [2.75, 3.05) is 11.9 Å². The molecule has 0 unspecified atom stereocenters. The zero-order valence-electron chi connectivity index (χ0n) is 11.4. The van der Waals surface area contributed by atoms with E-state index in [9.17, 15) is 14.9 Å². The zero-order chi connectivity index (χ0) is 17.0. The van der Waals surface area contributed by atoms with E-state index in [1.54, 1.807) is 6.07 Å². The van der Waals surface area contributed by atoms with E-state index in [0.29, 0.717) is 10.8 Å². The quantitative estimate of drug-likeness (QED) is 0.613. The maximum atomic E-state index is 11.8. The van der Waals surface area contributed by atoms with Crippen molar-refractivity contribution in [3.63, 3.8) is 0 Å². The number of carbonyl (C=O) groups excluding carboxylic acids is 1. The van der Waals surface area contributed by atoms with Crippen LogP contribution in [0.25, 0.3) is 0 Å². The van der Waals surface area contributed by atoms with Crippen molar-refractivity contribution in [3.05, 3.63) is 61.6 Å². The molecule has 23 heavy (non-hydrogen) atoms. The first-order valence-corrected chi connectivity index (χ1v) is 7.32. The summed E-state index contributed by atoms with van der Waals surface area (Å²) in [6, 6.07) is 8.53. The van der Waals surface area contributed by atoms with Crippen LogP contribution in [0.15, 0.2) is 36.4 Å². The van der Waals surface area contributed by atoms with Gasteiger partial charge in [0.15, 0.2) is 6.61 Å². The molecule has 0 saturated heterocycles. The molecule has 0 atom stereocenters. The minimum Gasteiger partial charge on any atom is -0.482 e. The highest BCUT2D eigenvalue weighted by atomic mass is 35.5. The molecule has 0 aromatic heterocycles. The lowest BCUT2D eigenvalue weighted by Crippen LogP contribution is -2.20. The number of nitrogens with one attached hydrogen (secondary N) is 1. The first kappa shape index (κ1) is 17.3. The van der Waals surface area contributed by atoms with Crippen LogP contribution in [0, 0.1) is 10.1 Å². The second kappa shape index (κ2) is 7.50. The Morgan fingerprint density at radius 3 is 2.52 bits per heavy atom. The minimum atomic E-state index is -0.637. The number of benzene rings is 2. The Bertz CT molecular complexity index is 768. The molecule has 0 heterocycles. The predicted molar refractivity (Wildman–Crippen MR) is 88.7 cm³/mol. The van der Waals surface area contributed by atoms with Gasteiger partial charge in [-0.25, -0.2) is 0 Å². The molecule has 0 aliphatic carbocycles. The summed E-state index contributed by atoms with van der Waals surface area (Å²) in [6.07, 6.45) is 0. The largest absolute Gasteiger partial charge is 0.482 e. The molecule has 120 valence electrons. The number of halogens is 3. The number of hydrogen-bond donors (Lipinski definition) is 1. The first-order chi connectivity index (χ1) is 10.9. The second-order valence-corrected chi connectivity index (χ2v) is 5.59. The van der Waals surface area contributed by atoms with Crippen LogP contribution in [0.5, 0.6) is 5.75 Å². The Balaban J connectivity index is 2.00. The van der Waals surface area contributed by atoms with Crippen molar-refractivity contribution in [3.8, 4) is 5.75 Å². The summed E-state index contributed by atoms with van der Waals surface area (Å²) in [6.45, 7) is -0.322. The van der Waals surface area contributed by atoms with E-state index in [2.05, 4.69) is 5.32 Å². The standard InChI is InChI=1S/C14H9Cl3N2O4/c15-8-1-4-13(11(17)5-8)23-7-14(20)18-9-2-3-10(16)12(6-9)19(21)22/h1-6H,7H2,(H,18,20). The summed E-state index contributed by atoms with van der Waals surface area (Å²) in [4.78, 5) is 22.0. The molecule has 2 aromatic rings. The molecule has 1 amide bonds. The summed E-state index contributed by atoms with van der Waals surface area (Å²) in [5, 5.41) is 14.0. The summed E-state index contributed by atoms with van der Waals surface area (Å²) < 4.78 is 5.26. The topological polar surface area (TPSA) is 81.5 Å². The van der Waals surface area contributed by atoms with Gasteiger partial charge in [0.1, 0.15) is 10.8 Å². The highest BCUT2D eigenvalue weighted by molar-refractivity contribution is 6.35. The van der Waals surface area contributed by atoms with E-state index in [-0.39, 0.29) is 28.0 Å². The third-order valence-electron chi connectivity index (χ3n) is 2.68. The van der Waals surface area contributed by atoms with Crippen LogP contribution < -0.4 is 10.1 Å². The fourth-order valence-electron chi connectivity index (χ4n) is 1.66. The molecule has 0 spiro atoms. The van der Waals surface area contributed by atoms with Crippen molar-refractivity contribution in [2.24, 2.45) is 0 Å². The van der Waals surface area contributed by atoms with Crippen LogP contribution in [0.3, 0.4) is 0 Å². The molecule has 9 heteroatoms. The Hall–Kier alpha value is -2.02. The van der Waals surface area contributed by atoms with Gasteiger partial charge in [-0.2, -0.15) is 0 Å². The number of nitro benzene ring substituents is 1. The average Bonchev–Trinajstić information content (AvgIpc) is 2.48. The van der Waals surface area contributed by atoms with E-state index >= 15 is 0 Å². The molecule has 0 bridgehead atoms. The fourth-order valence-corrected chi connectivity index (χ4v) is 2.31. The molecule has 0 aliphatic heterocycles. The lowest BCUT2D eigenvalue weighted by molar-refractivity contribution is -0.384. The van der Waals surface area contributed by atoms with E-state index < -0.39 is 10.8 Å². The third kappa shape index (κ3) is 4.72. The number of carbonyl (C=O) groups is 1. The van der Waals surface area contributed by atoms with E-state index in [4.69, 9.17) is 39.5 Å². The van der Waals surface area contributed by atoms with Gasteiger partial charge in [-0.1, -0.05) is 34.8 Å². The summed E-state index contributed by atoms with van der Waals surface area (Å²) in [5.41, 5.74) is -0.0666. The van der Waals surface area contributed by atoms with Crippen LogP contribution in [0.2, 0.25) is 15.1 Å². The van der Waals surface area contributed by atoms with Crippen molar-refractivity contribution in [2.45, 2.75) is 0 Å². The summed E-state index contributed by atoms with van der Waals surface area (Å²) in [7, 11) is 0. The molecule has 6 nitrogen and oxygen atoms in total. The smallest absolute Gasteiger partial charge is 0.289 e. The Kier molecular flexibility index (Phi) is 5.65. The van der Waals surface area contributed by atoms with Crippen LogP contribution in [-0.4, -0.2) is 17.4 Å². The van der Waals surface area contributed by atoms with E-state index in [1.807, 2.05) is 0 Å². The van der Waals surface area contributed by atoms with Crippen LogP contribution in [0.4, 0.5) is 11.4 Å². The fraction of sp³-hybridized carbons (Fsp3) is 0.0714. The molecule has 2 rings (SSSR count). The van der Waals surface area contributed by atoms with Gasteiger partial charge in [-0.3, -0.25) is 14.9 Å². The highest BCUT2D eigenvalue weighted by Gasteiger charge is 2.14. The molecular formula is C14H9Cl3N2O4. The van der Waals surface area contributed by atoms with Gasteiger partial charge < -0.3 is 10.1 Å². The number of ether oxygens (including phenoxy) is 1. The molecule has 0 fully saturated rings. The summed E-state index contributed by atoms with van der Waals surface area (Å²) in [5.74, 6) is -0.207. The van der Waals surface area contributed by atoms with Gasteiger partial charge in [0.25, 0.3) is 11.6 Å². The van der Waals surface area contributed by atoms with Gasteiger partial charge in [0, 0.05) is 16.8 Å². The molecule has 0 saturated carbocycles. The zero-order valence-corrected chi connectivity index (χ0v) is 13.7. The number of rotatable bonds is 5. The molecule has 1 N–H and O–H groups in total. The summed E-state index contributed by atoms with van der Waals surface area (Å²) >= 11 is 17.4. The second-order valence-electron chi connectivity index (χ2n) is 4.33. The van der Waals surface area contributed by atoms with E-state index in [0.717, 1.165) is 6.07 Å². The highest BCUT2D eigenvalue weighted by Crippen LogP contribution is 2.28. The Morgan fingerprint density at radius 2 is 1.87 bits per heavy atom. The number of anilines is 1. The molecule has 2 aromatic carbocycles. The lowest BCUT2D eigenvalue weighted by atomic mass is 10.3. The van der Waals surface area contributed by atoms with Crippen LogP contribution in [-0.2, 0) is 4.79 Å². The SMILES string of the molecule is O=C(COc1ccc(Cl)cc1Cl)Nc1ccc(Cl)c([N+](=O)[O-])c1. The number of amides is 1. The van der Waals surface area contributed by atoms with Gasteiger partial charge in [0.05, 0.1) is 9.95 Å². The molecule has 0 radical (unpaired) electrons. The number of hydrogen-bond acceptors (Lipinski definition) is 4. The van der Waals surface area contributed by atoms with Gasteiger partial charge in [-0.15, -0.1) is 0 Å². The van der Waals surface area contributed by atoms with Gasteiger partial charge in [-0.05, 0) is 30.3 Å².